The molecule has 8 nitrogen and oxygen atoms in total. The van der Waals surface area contributed by atoms with Crippen molar-refractivity contribution in [1.29, 1.82) is 0 Å². The van der Waals surface area contributed by atoms with Gasteiger partial charge in [0.15, 0.2) is 15.8 Å². The Morgan fingerprint density at radius 1 is 1.28 bits per heavy atom. The van der Waals surface area contributed by atoms with Crippen LogP contribution in [0.1, 0.15) is 5.56 Å². The molecule has 0 bridgehead atoms. The number of nitrogens with zero attached hydrogens (tertiary/aromatic N) is 2. The number of hydrogen-bond donors (Lipinski definition) is 2. The smallest absolute Gasteiger partial charge is 0.250 e. The highest BCUT2D eigenvalue weighted by Crippen LogP contribution is 2.28. The number of primary amides is 1. The third-order valence-corrected chi connectivity index (χ3v) is 4.80. The van der Waals surface area contributed by atoms with Gasteiger partial charge in [-0.05, 0) is 23.8 Å². The Hall–Kier alpha value is -2.59. The molecule has 2 amide bonds. The molecular formula is C15H16N4O4S2. The zero-order chi connectivity index (χ0) is 18.2. The molecule has 0 unspecified atom stereocenters. The zero-order valence-electron chi connectivity index (χ0n) is 13.5. The Balaban J connectivity index is 1.95. The minimum atomic E-state index is -0.441. The molecule has 2 rings (SSSR count). The number of thioether (sulfide) groups is 1. The van der Waals surface area contributed by atoms with Crippen LogP contribution in [0.4, 0.5) is 5.13 Å². The second kappa shape index (κ2) is 9.04. The Kier molecular flexibility index (Phi) is 6.78. The van der Waals surface area contributed by atoms with Gasteiger partial charge in [0.2, 0.25) is 16.9 Å². The Labute approximate surface area is 152 Å². The molecule has 0 fully saturated rings. The number of anilines is 1. The number of amides is 2. The largest absolute Gasteiger partial charge is 0.493 e. The van der Waals surface area contributed by atoms with Crippen LogP contribution in [0.25, 0.3) is 6.08 Å². The Morgan fingerprint density at radius 3 is 2.72 bits per heavy atom. The van der Waals surface area contributed by atoms with Crippen LogP contribution in [0.15, 0.2) is 28.6 Å². The lowest BCUT2D eigenvalue weighted by Gasteiger charge is -2.07. The van der Waals surface area contributed by atoms with Crippen LogP contribution in [0, 0.1) is 0 Å². The van der Waals surface area contributed by atoms with Gasteiger partial charge in [-0.3, -0.25) is 14.9 Å². The number of nitrogens with two attached hydrogens (primary N) is 1. The van der Waals surface area contributed by atoms with E-state index in [9.17, 15) is 9.59 Å². The van der Waals surface area contributed by atoms with Gasteiger partial charge in [0.1, 0.15) is 0 Å². The van der Waals surface area contributed by atoms with E-state index in [1.165, 1.54) is 29.2 Å². The number of aromatic nitrogens is 2. The van der Waals surface area contributed by atoms with Crippen LogP contribution in [-0.2, 0) is 9.59 Å². The zero-order valence-corrected chi connectivity index (χ0v) is 15.1. The van der Waals surface area contributed by atoms with Gasteiger partial charge in [-0.25, -0.2) is 0 Å². The van der Waals surface area contributed by atoms with Crippen LogP contribution in [0.3, 0.4) is 0 Å². The molecular weight excluding hydrogens is 364 g/mol. The third-order valence-electron chi connectivity index (χ3n) is 2.81. The summed E-state index contributed by atoms with van der Waals surface area (Å²) in [5.74, 6) is 0.507. The maximum absolute atomic E-state index is 11.9. The van der Waals surface area contributed by atoms with Crippen molar-refractivity contribution in [3.63, 3.8) is 0 Å². The second-order valence-corrected chi connectivity index (χ2v) is 6.77. The van der Waals surface area contributed by atoms with E-state index >= 15 is 0 Å². The lowest BCUT2D eigenvalue weighted by atomic mass is 10.2. The summed E-state index contributed by atoms with van der Waals surface area (Å²) < 4.78 is 10.9. The van der Waals surface area contributed by atoms with Crippen molar-refractivity contribution in [3.05, 3.63) is 29.8 Å². The molecule has 25 heavy (non-hydrogen) atoms. The van der Waals surface area contributed by atoms with E-state index in [0.29, 0.717) is 21.0 Å². The number of rotatable bonds is 8. The van der Waals surface area contributed by atoms with E-state index in [-0.39, 0.29) is 11.7 Å². The van der Waals surface area contributed by atoms with E-state index < -0.39 is 5.91 Å². The van der Waals surface area contributed by atoms with Crippen LogP contribution in [0.2, 0.25) is 0 Å². The van der Waals surface area contributed by atoms with Gasteiger partial charge in [0, 0.05) is 6.08 Å². The first kappa shape index (κ1) is 18.7. The first-order valence-electron chi connectivity index (χ1n) is 6.97. The molecule has 10 heteroatoms. The van der Waals surface area contributed by atoms with Gasteiger partial charge in [0.25, 0.3) is 0 Å². The first-order chi connectivity index (χ1) is 12.0. The van der Waals surface area contributed by atoms with Crippen molar-refractivity contribution < 1.29 is 19.1 Å². The predicted molar refractivity (Wildman–Crippen MR) is 97.0 cm³/mol. The fourth-order valence-corrected chi connectivity index (χ4v) is 3.22. The number of methoxy groups -OCH3 is 2. The summed E-state index contributed by atoms with van der Waals surface area (Å²) in [5.41, 5.74) is 5.84. The van der Waals surface area contributed by atoms with Crippen LogP contribution >= 0.6 is 23.1 Å². The summed E-state index contributed by atoms with van der Waals surface area (Å²) in [6, 6.07) is 5.31. The molecule has 1 aromatic carbocycles. The molecule has 132 valence electrons. The lowest BCUT2D eigenvalue weighted by Crippen LogP contribution is -2.12. The summed E-state index contributed by atoms with van der Waals surface area (Å²) in [4.78, 5) is 22.7. The van der Waals surface area contributed by atoms with Gasteiger partial charge >= 0.3 is 0 Å². The number of hydrogen-bond acceptors (Lipinski definition) is 8. The lowest BCUT2D eigenvalue weighted by molar-refractivity contribution is -0.115. The van der Waals surface area contributed by atoms with Gasteiger partial charge in [0.05, 0.1) is 20.0 Å². The Morgan fingerprint density at radius 2 is 2.04 bits per heavy atom. The molecule has 1 aromatic heterocycles. The number of carbonyl (C=O) groups excluding carboxylic acids is 2. The topological polar surface area (TPSA) is 116 Å². The van der Waals surface area contributed by atoms with Gasteiger partial charge in [-0.15, -0.1) is 10.2 Å². The molecule has 0 saturated heterocycles. The predicted octanol–water partition coefficient (Wildman–Crippen LogP) is 1.78. The van der Waals surface area contributed by atoms with E-state index in [1.807, 2.05) is 0 Å². The average molecular weight is 380 g/mol. The fraction of sp³-hybridized carbons (Fsp3) is 0.200. The highest BCUT2D eigenvalue weighted by atomic mass is 32.2. The monoisotopic (exact) mass is 380 g/mol. The molecule has 0 saturated carbocycles. The maximum Gasteiger partial charge on any atom is 0.250 e. The van der Waals surface area contributed by atoms with E-state index in [0.717, 1.165) is 5.56 Å². The standard InChI is InChI=1S/C15H16N4O4S2/c1-22-10-5-3-9(7-11(10)23-2)4-6-13(21)17-14-18-19-15(25-14)24-8-12(16)20/h3-7H,8H2,1-2H3,(H2,16,20)(H,17,18,21)/b6-4+. The number of nitrogens with one attached hydrogen (secondary N) is 1. The minimum Gasteiger partial charge on any atom is -0.493 e. The molecule has 0 atom stereocenters. The molecule has 1 heterocycles. The second-order valence-electron chi connectivity index (χ2n) is 4.57. The summed E-state index contributed by atoms with van der Waals surface area (Å²) in [5, 5.41) is 10.6. The highest BCUT2D eigenvalue weighted by Gasteiger charge is 2.08. The summed E-state index contributed by atoms with van der Waals surface area (Å²) in [6.45, 7) is 0. The van der Waals surface area contributed by atoms with Crippen molar-refractivity contribution in [1.82, 2.24) is 10.2 Å². The van der Waals surface area contributed by atoms with Crippen molar-refractivity contribution in [2.45, 2.75) is 4.34 Å². The third kappa shape index (κ3) is 5.76. The minimum absolute atomic E-state index is 0.113. The number of benzene rings is 1. The summed E-state index contributed by atoms with van der Waals surface area (Å²) >= 11 is 2.34. The number of carbonyl (C=O) groups is 2. The highest BCUT2D eigenvalue weighted by molar-refractivity contribution is 8.01. The van der Waals surface area contributed by atoms with Gasteiger partial charge in [-0.1, -0.05) is 29.2 Å². The molecule has 0 radical (unpaired) electrons. The fourth-order valence-electron chi connectivity index (χ4n) is 1.73. The van der Waals surface area contributed by atoms with E-state index in [1.54, 1.807) is 38.5 Å². The molecule has 2 aromatic rings. The Bertz CT molecular complexity index is 792. The molecule has 3 N–H and O–H groups in total. The van der Waals surface area contributed by atoms with Gasteiger partial charge < -0.3 is 15.2 Å². The van der Waals surface area contributed by atoms with Crippen molar-refractivity contribution in [2.75, 3.05) is 25.3 Å². The first-order valence-corrected chi connectivity index (χ1v) is 8.77. The van der Waals surface area contributed by atoms with Crippen molar-refractivity contribution in [2.24, 2.45) is 5.73 Å². The van der Waals surface area contributed by atoms with Crippen molar-refractivity contribution in [3.8, 4) is 11.5 Å². The normalized spacial score (nSPS) is 10.6. The van der Waals surface area contributed by atoms with Crippen LogP contribution in [-0.4, -0.2) is 42.0 Å². The number of ether oxygens (including phenoxy) is 2. The van der Waals surface area contributed by atoms with Gasteiger partial charge in [-0.2, -0.15) is 0 Å². The quantitative estimate of drug-likeness (QED) is 0.407. The van der Waals surface area contributed by atoms with Crippen LogP contribution < -0.4 is 20.5 Å². The SMILES string of the molecule is COc1ccc(/C=C/C(=O)Nc2nnc(SCC(N)=O)s2)cc1OC. The molecule has 0 aliphatic rings. The summed E-state index contributed by atoms with van der Waals surface area (Å²) in [7, 11) is 3.10. The maximum atomic E-state index is 11.9. The molecule has 0 aliphatic heterocycles. The molecule has 0 aliphatic carbocycles. The van der Waals surface area contributed by atoms with Crippen molar-refractivity contribution >= 4 is 46.1 Å². The average Bonchev–Trinajstić information content (AvgIpc) is 3.05. The van der Waals surface area contributed by atoms with E-state index in [4.69, 9.17) is 15.2 Å². The van der Waals surface area contributed by atoms with E-state index in [2.05, 4.69) is 15.5 Å². The van der Waals surface area contributed by atoms with Crippen LogP contribution in [0.5, 0.6) is 11.5 Å². The molecule has 0 spiro atoms. The summed E-state index contributed by atoms with van der Waals surface area (Å²) in [6.07, 6.45) is 3.01.